The molecule has 6 nitrogen and oxygen atoms in total. The number of aromatic nitrogens is 2. The summed E-state index contributed by atoms with van der Waals surface area (Å²) in [5, 5.41) is 4.03. The van der Waals surface area contributed by atoms with Gasteiger partial charge in [0.1, 0.15) is 6.10 Å². The van der Waals surface area contributed by atoms with Crippen LogP contribution in [0.5, 0.6) is 0 Å². The van der Waals surface area contributed by atoms with Crippen molar-refractivity contribution in [2.45, 2.75) is 45.3 Å². The second kappa shape index (κ2) is 6.98. The Balaban J connectivity index is 1.94. The number of ether oxygens (including phenoxy) is 1. The molecule has 0 aromatic carbocycles. The van der Waals surface area contributed by atoms with Crippen molar-refractivity contribution in [2.24, 2.45) is 5.73 Å². The summed E-state index contributed by atoms with van der Waals surface area (Å²) in [7, 11) is 0. The van der Waals surface area contributed by atoms with E-state index in [0.717, 1.165) is 39.1 Å². The maximum Gasteiger partial charge on any atom is 0.228 e. The van der Waals surface area contributed by atoms with Crippen molar-refractivity contribution in [1.82, 2.24) is 15.0 Å². The smallest absolute Gasteiger partial charge is 0.228 e. The van der Waals surface area contributed by atoms with Crippen molar-refractivity contribution >= 4 is 0 Å². The van der Waals surface area contributed by atoms with Crippen molar-refractivity contribution < 1.29 is 9.26 Å². The SMILES string of the molecule is CCCN1CCOC(c2noc(CC(N)CC)n2)C1. The van der Waals surface area contributed by atoms with Crippen LogP contribution in [-0.2, 0) is 11.2 Å². The molecule has 0 aliphatic carbocycles. The molecule has 0 spiro atoms. The average molecular weight is 268 g/mol. The van der Waals surface area contributed by atoms with Gasteiger partial charge >= 0.3 is 0 Å². The van der Waals surface area contributed by atoms with Gasteiger partial charge in [-0.15, -0.1) is 0 Å². The summed E-state index contributed by atoms with van der Waals surface area (Å²) in [5.74, 6) is 1.26. The zero-order valence-electron chi connectivity index (χ0n) is 11.8. The quantitative estimate of drug-likeness (QED) is 0.833. The van der Waals surface area contributed by atoms with Gasteiger partial charge < -0.3 is 15.0 Å². The van der Waals surface area contributed by atoms with Crippen LogP contribution < -0.4 is 5.73 Å². The standard InChI is InChI=1S/C13H24N4O2/c1-3-5-17-6-7-18-11(9-17)13-15-12(19-16-13)8-10(14)4-2/h10-11H,3-9,14H2,1-2H3. The lowest BCUT2D eigenvalue weighted by Crippen LogP contribution is -2.39. The van der Waals surface area contributed by atoms with Gasteiger partial charge in [-0.3, -0.25) is 4.90 Å². The van der Waals surface area contributed by atoms with Gasteiger partial charge in [-0.1, -0.05) is 19.0 Å². The van der Waals surface area contributed by atoms with E-state index in [-0.39, 0.29) is 12.1 Å². The minimum atomic E-state index is -0.0735. The molecule has 1 saturated heterocycles. The van der Waals surface area contributed by atoms with Crippen LogP contribution in [0.4, 0.5) is 0 Å². The largest absolute Gasteiger partial charge is 0.367 e. The first-order chi connectivity index (χ1) is 9.22. The van der Waals surface area contributed by atoms with Crippen molar-refractivity contribution in [3.8, 4) is 0 Å². The predicted molar refractivity (Wildman–Crippen MR) is 71.7 cm³/mol. The lowest BCUT2D eigenvalue weighted by atomic mass is 10.2. The van der Waals surface area contributed by atoms with Gasteiger partial charge in [0, 0.05) is 25.6 Å². The Morgan fingerprint density at radius 1 is 1.47 bits per heavy atom. The number of hydrogen-bond donors (Lipinski definition) is 1. The van der Waals surface area contributed by atoms with Crippen molar-refractivity contribution in [1.29, 1.82) is 0 Å². The molecular weight excluding hydrogens is 244 g/mol. The Morgan fingerprint density at radius 3 is 3.05 bits per heavy atom. The summed E-state index contributed by atoms with van der Waals surface area (Å²) >= 11 is 0. The Labute approximate surface area is 114 Å². The fourth-order valence-corrected chi connectivity index (χ4v) is 2.23. The fraction of sp³-hybridized carbons (Fsp3) is 0.846. The van der Waals surface area contributed by atoms with Crippen molar-refractivity contribution in [3.63, 3.8) is 0 Å². The number of morpholine rings is 1. The highest BCUT2D eigenvalue weighted by atomic mass is 16.5. The molecule has 0 saturated carbocycles. The number of rotatable bonds is 6. The maximum atomic E-state index is 5.89. The molecule has 0 radical (unpaired) electrons. The molecule has 2 unspecified atom stereocenters. The van der Waals surface area contributed by atoms with Crippen LogP contribution in [0.15, 0.2) is 4.52 Å². The van der Waals surface area contributed by atoms with E-state index in [1.807, 2.05) is 0 Å². The molecule has 1 aromatic heterocycles. The van der Waals surface area contributed by atoms with E-state index in [4.69, 9.17) is 15.0 Å². The van der Waals surface area contributed by atoms with Crippen molar-refractivity contribution in [3.05, 3.63) is 11.7 Å². The molecule has 1 aliphatic rings. The minimum absolute atomic E-state index is 0.0735. The molecule has 1 aliphatic heterocycles. The Bertz CT molecular complexity index is 380. The van der Waals surface area contributed by atoms with Crippen LogP contribution in [0.1, 0.15) is 44.5 Å². The van der Waals surface area contributed by atoms with Gasteiger partial charge in [-0.2, -0.15) is 4.98 Å². The first kappa shape index (κ1) is 14.4. The van der Waals surface area contributed by atoms with Crippen molar-refractivity contribution in [2.75, 3.05) is 26.2 Å². The highest BCUT2D eigenvalue weighted by Gasteiger charge is 2.25. The van der Waals surface area contributed by atoms with E-state index >= 15 is 0 Å². The summed E-state index contributed by atoms with van der Waals surface area (Å²) in [5.41, 5.74) is 5.89. The van der Waals surface area contributed by atoms with Gasteiger partial charge in [0.2, 0.25) is 11.7 Å². The van der Waals surface area contributed by atoms with Gasteiger partial charge in [0.05, 0.1) is 6.61 Å². The molecule has 1 aromatic rings. The third kappa shape index (κ3) is 3.99. The van der Waals surface area contributed by atoms with Crippen LogP contribution in [0, 0.1) is 0 Å². The molecular formula is C13H24N4O2. The molecule has 2 N–H and O–H groups in total. The molecule has 0 bridgehead atoms. The van der Waals surface area contributed by atoms with Crippen LogP contribution >= 0.6 is 0 Å². The summed E-state index contributed by atoms with van der Waals surface area (Å²) in [6.45, 7) is 7.87. The summed E-state index contributed by atoms with van der Waals surface area (Å²) < 4.78 is 11.0. The third-order valence-electron chi connectivity index (χ3n) is 3.42. The van der Waals surface area contributed by atoms with Crippen LogP contribution in [0.3, 0.4) is 0 Å². The number of hydrogen-bond acceptors (Lipinski definition) is 6. The second-order valence-corrected chi connectivity index (χ2v) is 5.08. The van der Waals surface area contributed by atoms with Gasteiger partial charge in [-0.05, 0) is 19.4 Å². The Morgan fingerprint density at radius 2 is 2.32 bits per heavy atom. The van der Waals surface area contributed by atoms with Crippen LogP contribution in [0.25, 0.3) is 0 Å². The molecule has 0 amide bonds. The highest BCUT2D eigenvalue weighted by molar-refractivity contribution is 4.95. The van der Waals surface area contributed by atoms with Gasteiger partial charge in [-0.25, -0.2) is 0 Å². The Hall–Kier alpha value is -0.980. The molecule has 2 rings (SSSR count). The molecule has 6 heteroatoms. The van der Waals surface area contributed by atoms with E-state index < -0.39 is 0 Å². The summed E-state index contributed by atoms with van der Waals surface area (Å²) in [4.78, 5) is 6.78. The summed E-state index contributed by atoms with van der Waals surface area (Å²) in [6, 6.07) is 0.0807. The second-order valence-electron chi connectivity index (χ2n) is 5.08. The number of nitrogens with two attached hydrogens (primary N) is 1. The Kier molecular flexibility index (Phi) is 5.30. The van der Waals surface area contributed by atoms with Crippen LogP contribution in [0.2, 0.25) is 0 Å². The van der Waals surface area contributed by atoms with E-state index in [1.165, 1.54) is 0 Å². The predicted octanol–water partition coefficient (Wildman–Crippen LogP) is 1.13. The molecule has 19 heavy (non-hydrogen) atoms. The van der Waals surface area contributed by atoms with E-state index in [1.54, 1.807) is 0 Å². The van der Waals surface area contributed by atoms with Gasteiger partial charge in [0.15, 0.2) is 0 Å². The number of nitrogens with zero attached hydrogens (tertiary/aromatic N) is 3. The molecule has 2 heterocycles. The molecule has 108 valence electrons. The first-order valence-electron chi connectivity index (χ1n) is 7.15. The minimum Gasteiger partial charge on any atom is -0.367 e. The lowest BCUT2D eigenvalue weighted by molar-refractivity contribution is -0.0350. The maximum absolute atomic E-state index is 5.89. The monoisotopic (exact) mass is 268 g/mol. The first-order valence-corrected chi connectivity index (χ1v) is 7.15. The third-order valence-corrected chi connectivity index (χ3v) is 3.42. The summed E-state index contributed by atoms with van der Waals surface area (Å²) in [6.07, 6.45) is 2.61. The highest BCUT2D eigenvalue weighted by Crippen LogP contribution is 2.20. The zero-order chi connectivity index (χ0) is 13.7. The van der Waals surface area contributed by atoms with E-state index in [2.05, 4.69) is 28.9 Å². The normalized spacial score (nSPS) is 22.6. The van der Waals surface area contributed by atoms with Crippen LogP contribution in [-0.4, -0.2) is 47.3 Å². The molecule has 1 fully saturated rings. The average Bonchev–Trinajstić information content (AvgIpc) is 2.88. The fourth-order valence-electron chi connectivity index (χ4n) is 2.23. The van der Waals surface area contributed by atoms with E-state index in [0.29, 0.717) is 18.1 Å². The topological polar surface area (TPSA) is 77.4 Å². The molecule has 2 atom stereocenters. The van der Waals surface area contributed by atoms with E-state index in [9.17, 15) is 0 Å². The van der Waals surface area contributed by atoms with Gasteiger partial charge in [0.25, 0.3) is 0 Å². The lowest BCUT2D eigenvalue weighted by Gasteiger charge is -2.30. The zero-order valence-corrected chi connectivity index (χ0v) is 11.8.